The van der Waals surface area contributed by atoms with Gasteiger partial charge in [-0.15, -0.1) is 0 Å². The molecule has 3 aliphatic heterocycles. The molecule has 10 nitrogen and oxygen atoms in total. The van der Waals surface area contributed by atoms with Gasteiger partial charge < -0.3 is 20.3 Å². The highest BCUT2D eigenvalue weighted by Gasteiger charge is 2.43. The number of anilines is 1. The lowest BCUT2D eigenvalue weighted by Crippen LogP contribution is -2.54. The summed E-state index contributed by atoms with van der Waals surface area (Å²) in [4.78, 5) is 24.6. The maximum atomic E-state index is 13.4. The first-order valence-corrected chi connectivity index (χ1v) is 14.5. The van der Waals surface area contributed by atoms with Gasteiger partial charge in [-0.05, 0) is 57.7 Å². The lowest BCUT2D eigenvalue weighted by Gasteiger charge is -2.36. The van der Waals surface area contributed by atoms with Crippen LogP contribution in [-0.2, 0) is 26.8 Å². The van der Waals surface area contributed by atoms with Gasteiger partial charge in [0.05, 0.1) is 22.7 Å². The van der Waals surface area contributed by atoms with Gasteiger partial charge in [-0.1, -0.05) is 17.7 Å². The highest BCUT2D eigenvalue weighted by atomic mass is 35.5. The number of benzene rings is 1. The number of hydrogen-bond acceptors (Lipinski definition) is 7. The van der Waals surface area contributed by atoms with Gasteiger partial charge in [0.25, 0.3) is 0 Å². The van der Waals surface area contributed by atoms with Gasteiger partial charge in [-0.2, -0.15) is 4.31 Å². The average molecular weight is 549 g/mol. The molecule has 1 aromatic carbocycles. The van der Waals surface area contributed by atoms with E-state index in [-0.39, 0.29) is 29.6 Å². The van der Waals surface area contributed by atoms with Gasteiger partial charge in [0.15, 0.2) is 0 Å². The number of fused-ring (bicyclic) bond motifs is 1. The first-order valence-electron chi connectivity index (χ1n) is 12.7. The fourth-order valence-corrected chi connectivity index (χ4v) is 7.09. The number of ether oxygens (including phenoxy) is 1. The smallest absolute Gasteiger partial charge is 0.318 e. The predicted molar refractivity (Wildman–Crippen MR) is 140 cm³/mol. The summed E-state index contributed by atoms with van der Waals surface area (Å²) >= 11 is 6.02. The van der Waals surface area contributed by atoms with Crippen LogP contribution in [0.25, 0.3) is 0 Å². The molecule has 0 saturated carbocycles. The van der Waals surface area contributed by atoms with Crippen molar-refractivity contribution >= 4 is 33.6 Å². The highest BCUT2D eigenvalue weighted by molar-refractivity contribution is 7.89. The Labute approximate surface area is 222 Å². The Morgan fingerprint density at radius 3 is 2.73 bits per heavy atom. The second-order valence-electron chi connectivity index (χ2n) is 10.3. The molecule has 1 atom stereocenters. The molecule has 2 saturated heterocycles. The zero-order valence-electron chi connectivity index (χ0n) is 21.1. The Morgan fingerprint density at radius 1 is 1.19 bits per heavy atom. The molecule has 4 heterocycles. The zero-order chi connectivity index (χ0) is 26.2. The van der Waals surface area contributed by atoms with Crippen molar-refractivity contribution in [3.8, 4) is 0 Å². The monoisotopic (exact) mass is 548 g/mol. The topological polar surface area (TPSA) is 117 Å². The van der Waals surface area contributed by atoms with Gasteiger partial charge in [0, 0.05) is 55.2 Å². The number of amides is 2. The molecule has 2 N–H and O–H groups in total. The maximum Gasteiger partial charge on any atom is 0.318 e. The van der Waals surface area contributed by atoms with Crippen LogP contribution >= 0.6 is 11.6 Å². The van der Waals surface area contributed by atoms with E-state index in [2.05, 4.69) is 15.6 Å². The number of nitrogens with zero attached hydrogens (tertiary/aromatic N) is 4. The summed E-state index contributed by atoms with van der Waals surface area (Å²) in [6.07, 6.45) is 4.98. The lowest BCUT2D eigenvalue weighted by molar-refractivity contribution is 0.0903. The molecule has 2 amide bonds. The van der Waals surface area contributed by atoms with Crippen molar-refractivity contribution in [3.63, 3.8) is 0 Å². The van der Waals surface area contributed by atoms with Crippen molar-refractivity contribution in [1.82, 2.24) is 24.5 Å². The predicted octanol–water partition coefficient (Wildman–Crippen LogP) is 3.33. The van der Waals surface area contributed by atoms with E-state index in [1.807, 2.05) is 13.8 Å². The first kappa shape index (κ1) is 26.1. The molecule has 0 spiro atoms. The van der Waals surface area contributed by atoms with Crippen LogP contribution in [0.5, 0.6) is 0 Å². The first-order chi connectivity index (χ1) is 17.6. The van der Waals surface area contributed by atoms with Crippen molar-refractivity contribution < 1.29 is 17.9 Å². The van der Waals surface area contributed by atoms with E-state index in [0.717, 1.165) is 37.3 Å². The standard InChI is InChI=1S/C25H33ClN6O4S/c1-25(2)21-14-27-23(28-18-8-11-36-12-9-18)30-22(21)16-32(25)24(33)29-19-6-4-10-31(15-19)37(34,35)20-7-3-5-17(26)13-20/h3,5,7,13-14,18-19H,4,6,8-12,15-16H2,1-2H3,(H,29,33)(H,27,28,30)/t19-/m1/s1. The van der Waals surface area contributed by atoms with Gasteiger partial charge in [0.2, 0.25) is 16.0 Å². The molecule has 200 valence electrons. The quantitative estimate of drug-likeness (QED) is 0.588. The molecule has 37 heavy (non-hydrogen) atoms. The summed E-state index contributed by atoms with van der Waals surface area (Å²) in [5, 5.41) is 6.83. The van der Waals surface area contributed by atoms with Gasteiger partial charge in [-0.25, -0.2) is 23.2 Å². The fourth-order valence-electron chi connectivity index (χ4n) is 5.27. The van der Waals surface area contributed by atoms with Crippen molar-refractivity contribution in [2.75, 3.05) is 31.6 Å². The number of carbonyl (C=O) groups is 1. The maximum absolute atomic E-state index is 13.4. The van der Waals surface area contributed by atoms with Crippen LogP contribution in [0.4, 0.5) is 10.7 Å². The molecule has 2 fully saturated rings. The molecule has 5 rings (SSSR count). The van der Waals surface area contributed by atoms with Crippen LogP contribution in [-0.4, -0.2) is 72.0 Å². The molecule has 2 aromatic rings. The number of hydrogen-bond donors (Lipinski definition) is 2. The lowest BCUT2D eigenvalue weighted by atomic mass is 9.97. The summed E-state index contributed by atoms with van der Waals surface area (Å²) in [6.45, 7) is 6.37. The van der Waals surface area contributed by atoms with Gasteiger partial charge in [0.1, 0.15) is 0 Å². The minimum atomic E-state index is -3.71. The van der Waals surface area contributed by atoms with Crippen LogP contribution in [0, 0.1) is 0 Å². The van der Waals surface area contributed by atoms with Gasteiger partial charge in [-0.3, -0.25) is 0 Å². The number of rotatable bonds is 5. The molecule has 3 aliphatic rings. The fraction of sp³-hybridized carbons (Fsp3) is 0.560. The number of nitrogens with one attached hydrogen (secondary N) is 2. The van der Waals surface area contributed by atoms with Crippen LogP contribution in [0.2, 0.25) is 5.02 Å². The van der Waals surface area contributed by atoms with E-state index in [0.29, 0.717) is 36.9 Å². The third kappa shape index (κ3) is 5.41. The van der Waals surface area contributed by atoms with E-state index in [1.54, 1.807) is 29.3 Å². The number of piperidine rings is 1. The number of urea groups is 1. The third-order valence-corrected chi connectivity index (χ3v) is 9.55. The Balaban J connectivity index is 1.25. The molecule has 0 bridgehead atoms. The summed E-state index contributed by atoms with van der Waals surface area (Å²) < 4.78 is 33.2. The molecule has 0 aliphatic carbocycles. The SMILES string of the molecule is CC1(C)c2cnc(NC3CCOCC3)nc2CN1C(=O)N[C@@H]1CCCN(S(=O)(=O)c2cccc(Cl)c2)C1. The summed E-state index contributed by atoms with van der Waals surface area (Å²) in [5.41, 5.74) is 1.13. The molecule has 1 aromatic heterocycles. The van der Waals surface area contributed by atoms with Crippen molar-refractivity contribution in [2.45, 2.75) is 68.6 Å². The van der Waals surface area contributed by atoms with Crippen LogP contribution in [0.1, 0.15) is 50.8 Å². The Kier molecular flexibility index (Phi) is 7.32. The Hall–Kier alpha value is -2.47. The van der Waals surface area contributed by atoms with Crippen molar-refractivity contribution in [1.29, 1.82) is 0 Å². The number of halogens is 1. The largest absolute Gasteiger partial charge is 0.381 e. The van der Waals surface area contributed by atoms with E-state index in [9.17, 15) is 13.2 Å². The van der Waals surface area contributed by atoms with E-state index in [1.165, 1.54) is 10.4 Å². The Morgan fingerprint density at radius 2 is 1.97 bits per heavy atom. The summed E-state index contributed by atoms with van der Waals surface area (Å²) in [6, 6.07) is 6.00. The minimum Gasteiger partial charge on any atom is -0.381 e. The zero-order valence-corrected chi connectivity index (χ0v) is 22.7. The molecule has 0 unspecified atom stereocenters. The van der Waals surface area contributed by atoms with Gasteiger partial charge >= 0.3 is 6.03 Å². The van der Waals surface area contributed by atoms with Crippen molar-refractivity contribution in [3.05, 3.63) is 46.7 Å². The number of carbonyl (C=O) groups excluding carboxylic acids is 1. The molecule has 0 radical (unpaired) electrons. The highest BCUT2D eigenvalue weighted by Crippen LogP contribution is 2.38. The van der Waals surface area contributed by atoms with E-state index >= 15 is 0 Å². The number of sulfonamides is 1. The van der Waals surface area contributed by atoms with Crippen LogP contribution in [0.15, 0.2) is 35.4 Å². The second kappa shape index (κ2) is 10.4. The molecule has 12 heteroatoms. The number of aromatic nitrogens is 2. The molecular formula is C25H33ClN6O4S. The summed E-state index contributed by atoms with van der Waals surface area (Å²) in [5.74, 6) is 0.567. The molecular weight excluding hydrogens is 516 g/mol. The van der Waals surface area contributed by atoms with Crippen LogP contribution < -0.4 is 10.6 Å². The summed E-state index contributed by atoms with van der Waals surface area (Å²) in [7, 11) is -3.71. The second-order valence-corrected chi connectivity index (χ2v) is 12.7. The van der Waals surface area contributed by atoms with E-state index in [4.69, 9.17) is 21.3 Å². The average Bonchev–Trinajstić information content (AvgIpc) is 3.14. The minimum absolute atomic E-state index is 0.159. The Bertz CT molecular complexity index is 1270. The normalized spacial score (nSPS) is 22.5. The van der Waals surface area contributed by atoms with Crippen molar-refractivity contribution in [2.24, 2.45) is 0 Å². The van der Waals surface area contributed by atoms with Crippen LogP contribution in [0.3, 0.4) is 0 Å². The van der Waals surface area contributed by atoms with E-state index < -0.39 is 15.6 Å². The third-order valence-electron chi connectivity index (χ3n) is 7.45.